The Balaban J connectivity index is 1.95. The Morgan fingerprint density at radius 2 is 2.05 bits per heavy atom. The molecule has 0 radical (unpaired) electrons. The normalized spacial score (nSPS) is 11.9. The first-order chi connectivity index (χ1) is 9.85. The second-order valence-electron chi connectivity index (χ2n) is 5.91. The molecule has 0 unspecified atom stereocenters. The van der Waals surface area contributed by atoms with E-state index in [0.29, 0.717) is 0 Å². The van der Waals surface area contributed by atoms with Gasteiger partial charge in [0.05, 0.1) is 0 Å². The molecule has 0 bridgehead atoms. The highest BCUT2D eigenvalue weighted by Gasteiger charge is 2.11. The third kappa shape index (κ3) is 5.27. The van der Waals surface area contributed by atoms with E-state index < -0.39 is 0 Å². The van der Waals surface area contributed by atoms with E-state index in [1.54, 1.807) is 17.4 Å². The number of hydrogen-bond donors (Lipinski definition) is 1. The van der Waals surface area contributed by atoms with Gasteiger partial charge >= 0.3 is 0 Å². The number of nitrogens with one attached hydrogen (secondary N) is 1. The Morgan fingerprint density at radius 1 is 1.29 bits per heavy atom. The van der Waals surface area contributed by atoms with Gasteiger partial charge in [-0.2, -0.15) is 0 Å². The highest BCUT2D eigenvalue weighted by atomic mass is 127. The molecule has 1 N–H and O–H groups in total. The van der Waals surface area contributed by atoms with E-state index in [2.05, 4.69) is 58.9 Å². The molecule has 1 aromatic heterocycles. The largest absolute Gasteiger partial charge is 0.312 e. The molecule has 2 aromatic rings. The first-order valence-electron chi connectivity index (χ1n) is 6.88. The summed E-state index contributed by atoms with van der Waals surface area (Å²) in [7, 11) is 0. The summed E-state index contributed by atoms with van der Waals surface area (Å²) in [6.07, 6.45) is 1.95. The minimum absolute atomic E-state index is 0.149. The lowest BCUT2D eigenvalue weighted by molar-refractivity contribution is 0.422. The summed E-state index contributed by atoms with van der Waals surface area (Å²) in [5.41, 5.74) is 1.10. The quantitative estimate of drug-likeness (QED) is 0.581. The topological polar surface area (TPSA) is 37.8 Å². The van der Waals surface area contributed by atoms with Gasteiger partial charge in [-0.15, -0.1) is 10.2 Å². The molecule has 0 amide bonds. The molecule has 1 aromatic carbocycles. The van der Waals surface area contributed by atoms with Crippen molar-refractivity contribution >= 4 is 33.9 Å². The molecule has 0 saturated carbocycles. The van der Waals surface area contributed by atoms with Gasteiger partial charge in [0.15, 0.2) is 0 Å². The van der Waals surface area contributed by atoms with Gasteiger partial charge in [0.1, 0.15) is 15.8 Å². The zero-order valence-electron chi connectivity index (χ0n) is 12.4. The smallest absolute Gasteiger partial charge is 0.148 e. The average molecular weight is 419 g/mol. The Hall–Kier alpha value is -0.600. The Labute approximate surface area is 142 Å². The van der Waals surface area contributed by atoms with Gasteiger partial charge in [-0.25, -0.2) is 4.39 Å². The van der Waals surface area contributed by atoms with Crippen LogP contribution in [-0.4, -0.2) is 22.3 Å². The van der Waals surface area contributed by atoms with Crippen LogP contribution in [-0.2, 0) is 6.42 Å². The second-order valence-corrected chi connectivity index (χ2v) is 8.13. The molecule has 3 nitrogen and oxygen atoms in total. The number of rotatable bonds is 5. The number of nitrogens with zero attached hydrogens (tertiary/aromatic N) is 2. The number of benzene rings is 1. The highest BCUT2D eigenvalue weighted by molar-refractivity contribution is 14.1. The van der Waals surface area contributed by atoms with Crippen molar-refractivity contribution in [2.75, 3.05) is 6.54 Å². The molecule has 0 fully saturated rings. The molecule has 1 heterocycles. The van der Waals surface area contributed by atoms with Crippen molar-refractivity contribution < 1.29 is 4.39 Å². The maximum Gasteiger partial charge on any atom is 0.148 e. The Kier molecular flexibility index (Phi) is 5.67. The summed E-state index contributed by atoms with van der Waals surface area (Å²) in [5.74, 6) is -0.221. The summed E-state index contributed by atoms with van der Waals surface area (Å²) in [6.45, 7) is 7.44. The first kappa shape index (κ1) is 16.8. The summed E-state index contributed by atoms with van der Waals surface area (Å²) >= 11 is 3.72. The van der Waals surface area contributed by atoms with E-state index in [4.69, 9.17) is 0 Å². The lowest BCUT2D eigenvalue weighted by Crippen LogP contribution is -2.36. The van der Waals surface area contributed by atoms with Crippen LogP contribution in [0.1, 0.15) is 32.2 Å². The monoisotopic (exact) mass is 419 g/mol. The van der Waals surface area contributed by atoms with Gasteiger partial charge < -0.3 is 5.32 Å². The van der Waals surface area contributed by atoms with Crippen LogP contribution >= 0.6 is 33.9 Å². The SMILES string of the molecule is CC(C)(C)NCCCc1nnc(-c2ccc(F)cc2I)s1. The van der Waals surface area contributed by atoms with Crippen molar-refractivity contribution in [1.29, 1.82) is 0 Å². The standard InChI is InChI=1S/C15H19FIN3S/c1-15(2,3)18-8-4-5-13-19-20-14(21-13)11-7-6-10(16)9-12(11)17/h6-7,9,18H,4-5,8H2,1-3H3. The fraction of sp³-hybridized carbons (Fsp3) is 0.467. The summed E-state index contributed by atoms with van der Waals surface area (Å²) < 4.78 is 14.0. The summed E-state index contributed by atoms with van der Waals surface area (Å²) in [5, 5.41) is 13.8. The van der Waals surface area contributed by atoms with Gasteiger partial charge in [0, 0.05) is 21.1 Å². The van der Waals surface area contributed by atoms with E-state index in [1.165, 1.54) is 12.1 Å². The number of halogens is 2. The van der Waals surface area contributed by atoms with Crippen LogP contribution in [0.25, 0.3) is 10.6 Å². The van der Waals surface area contributed by atoms with Crippen molar-refractivity contribution in [2.24, 2.45) is 0 Å². The first-order valence-corrected chi connectivity index (χ1v) is 8.77. The van der Waals surface area contributed by atoms with Crippen molar-refractivity contribution in [3.8, 4) is 10.6 Å². The van der Waals surface area contributed by atoms with Crippen molar-refractivity contribution in [3.05, 3.63) is 32.6 Å². The highest BCUT2D eigenvalue weighted by Crippen LogP contribution is 2.28. The van der Waals surface area contributed by atoms with Gasteiger partial charge in [0.25, 0.3) is 0 Å². The van der Waals surface area contributed by atoms with E-state index in [9.17, 15) is 4.39 Å². The summed E-state index contributed by atoms with van der Waals surface area (Å²) in [6, 6.07) is 4.75. The van der Waals surface area contributed by atoms with Crippen molar-refractivity contribution in [1.82, 2.24) is 15.5 Å². The molecule has 0 atom stereocenters. The third-order valence-electron chi connectivity index (χ3n) is 2.85. The van der Waals surface area contributed by atoms with Crippen LogP contribution in [0.3, 0.4) is 0 Å². The molecule has 2 rings (SSSR count). The summed E-state index contributed by atoms with van der Waals surface area (Å²) in [4.78, 5) is 0. The number of hydrogen-bond acceptors (Lipinski definition) is 4. The fourth-order valence-corrected chi connectivity index (χ4v) is 3.67. The van der Waals surface area contributed by atoms with Gasteiger partial charge in [-0.05, 0) is 74.5 Å². The van der Waals surface area contributed by atoms with E-state index in [0.717, 1.165) is 38.5 Å². The van der Waals surface area contributed by atoms with Crippen LogP contribution in [0, 0.1) is 9.39 Å². The zero-order chi connectivity index (χ0) is 15.5. The minimum atomic E-state index is -0.221. The van der Waals surface area contributed by atoms with Crippen LogP contribution in [0.15, 0.2) is 18.2 Å². The molecular weight excluding hydrogens is 400 g/mol. The molecule has 0 aliphatic carbocycles. The van der Waals surface area contributed by atoms with Gasteiger partial charge in [-0.1, -0.05) is 11.3 Å². The molecule has 114 valence electrons. The van der Waals surface area contributed by atoms with E-state index in [-0.39, 0.29) is 11.4 Å². The average Bonchev–Trinajstić information content (AvgIpc) is 2.82. The molecule has 21 heavy (non-hydrogen) atoms. The van der Waals surface area contributed by atoms with Crippen LogP contribution in [0.2, 0.25) is 0 Å². The number of aromatic nitrogens is 2. The third-order valence-corrected chi connectivity index (χ3v) is 4.76. The maximum atomic E-state index is 13.1. The zero-order valence-corrected chi connectivity index (χ0v) is 15.4. The van der Waals surface area contributed by atoms with Crippen molar-refractivity contribution in [2.45, 2.75) is 39.2 Å². The van der Waals surface area contributed by atoms with Crippen LogP contribution in [0.4, 0.5) is 4.39 Å². The Morgan fingerprint density at radius 3 is 2.71 bits per heavy atom. The second kappa shape index (κ2) is 7.11. The number of aryl methyl sites for hydroxylation is 1. The predicted molar refractivity (Wildman–Crippen MR) is 94.1 cm³/mol. The van der Waals surface area contributed by atoms with Gasteiger partial charge in [-0.3, -0.25) is 0 Å². The molecular formula is C15H19FIN3S. The lowest BCUT2D eigenvalue weighted by Gasteiger charge is -2.20. The van der Waals surface area contributed by atoms with Gasteiger partial charge in [0.2, 0.25) is 0 Å². The van der Waals surface area contributed by atoms with E-state index in [1.807, 2.05) is 0 Å². The Bertz CT molecular complexity index is 607. The van der Waals surface area contributed by atoms with Crippen LogP contribution < -0.4 is 5.32 Å². The molecule has 0 aliphatic heterocycles. The molecule has 6 heteroatoms. The minimum Gasteiger partial charge on any atom is -0.312 e. The molecule has 0 spiro atoms. The van der Waals surface area contributed by atoms with E-state index >= 15 is 0 Å². The predicted octanol–water partition coefficient (Wildman–Crippen LogP) is 4.27. The molecule has 0 saturated heterocycles. The van der Waals surface area contributed by atoms with Crippen LogP contribution in [0.5, 0.6) is 0 Å². The lowest BCUT2D eigenvalue weighted by atomic mass is 10.1. The van der Waals surface area contributed by atoms with Crippen molar-refractivity contribution in [3.63, 3.8) is 0 Å². The fourth-order valence-electron chi connectivity index (χ4n) is 1.83. The maximum absolute atomic E-state index is 13.1. The molecule has 0 aliphatic rings.